The van der Waals surface area contributed by atoms with Crippen molar-refractivity contribution in [3.05, 3.63) is 47.1 Å². The molecule has 23 heavy (non-hydrogen) atoms. The lowest BCUT2D eigenvalue weighted by Crippen LogP contribution is -2.31. The maximum Gasteiger partial charge on any atom is 0.223 e. The molecule has 2 heterocycles. The molecule has 2 aromatic rings. The first-order valence-electron chi connectivity index (χ1n) is 8.40. The van der Waals surface area contributed by atoms with Gasteiger partial charge in [-0.05, 0) is 42.7 Å². The van der Waals surface area contributed by atoms with Gasteiger partial charge in [-0.15, -0.1) is 0 Å². The highest BCUT2D eigenvalue weighted by atomic mass is 16.5. The molecule has 0 spiro atoms. The summed E-state index contributed by atoms with van der Waals surface area (Å²) in [6, 6.07) is 8.49. The summed E-state index contributed by atoms with van der Waals surface area (Å²) in [4.78, 5) is 19.1. The number of aromatic nitrogens is 2. The zero-order valence-corrected chi connectivity index (χ0v) is 13.4. The topological polar surface area (TPSA) is 59.2 Å². The lowest BCUT2D eigenvalue weighted by molar-refractivity contribution is -0.132. The van der Waals surface area contributed by atoms with Gasteiger partial charge in [-0.2, -0.15) is 4.98 Å². The van der Waals surface area contributed by atoms with Gasteiger partial charge in [0, 0.05) is 19.9 Å². The summed E-state index contributed by atoms with van der Waals surface area (Å²) in [7, 11) is 0. The van der Waals surface area contributed by atoms with Crippen LogP contribution in [-0.2, 0) is 11.2 Å². The Balaban J connectivity index is 1.49. The fraction of sp³-hybridized carbons (Fsp3) is 0.500. The lowest BCUT2D eigenvalue weighted by Gasteiger charge is -2.24. The Morgan fingerprint density at radius 2 is 2.22 bits per heavy atom. The fourth-order valence-corrected chi connectivity index (χ4v) is 3.97. The van der Waals surface area contributed by atoms with E-state index in [0.717, 1.165) is 32.2 Å². The average molecular weight is 311 g/mol. The van der Waals surface area contributed by atoms with Gasteiger partial charge in [0.2, 0.25) is 11.8 Å². The van der Waals surface area contributed by atoms with E-state index >= 15 is 0 Å². The van der Waals surface area contributed by atoms with E-state index in [-0.39, 0.29) is 11.9 Å². The zero-order chi connectivity index (χ0) is 15.8. The molecule has 120 valence electrons. The second-order valence-electron chi connectivity index (χ2n) is 6.56. The van der Waals surface area contributed by atoms with Crippen LogP contribution in [0.5, 0.6) is 0 Å². The van der Waals surface area contributed by atoms with Crippen LogP contribution < -0.4 is 0 Å². The van der Waals surface area contributed by atoms with Crippen molar-refractivity contribution in [1.29, 1.82) is 0 Å². The van der Waals surface area contributed by atoms with Crippen molar-refractivity contribution in [2.24, 2.45) is 0 Å². The van der Waals surface area contributed by atoms with Crippen LogP contribution in [0.1, 0.15) is 60.5 Å². The Hall–Kier alpha value is -2.17. The molecular weight excluding hydrogens is 290 g/mol. The van der Waals surface area contributed by atoms with Crippen molar-refractivity contribution in [2.75, 3.05) is 6.54 Å². The smallest absolute Gasteiger partial charge is 0.223 e. The molecule has 2 atom stereocenters. The Morgan fingerprint density at radius 1 is 1.35 bits per heavy atom. The van der Waals surface area contributed by atoms with Crippen molar-refractivity contribution < 1.29 is 9.32 Å². The molecule has 1 aliphatic heterocycles. The van der Waals surface area contributed by atoms with E-state index < -0.39 is 0 Å². The molecule has 0 saturated carbocycles. The van der Waals surface area contributed by atoms with Gasteiger partial charge in [-0.25, -0.2) is 0 Å². The molecule has 5 nitrogen and oxygen atoms in total. The Bertz CT molecular complexity index is 725. The van der Waals surface area contributed by atoms with E-state index in [9.17, 15) is 4.79 Å². The Morgan fingerprint density at radius 3 is 3.04 bits per heavy atom. The molecule has 1 fully saturated rings. The van der Waals surface area contributed by atoms with Gasteiger partial charge in [0.15, 0.2) is 5.82 Å². The highest BCUT2D eigenvalue weighted by Gasteiger charge is 2.35. The third-order valence-corrected chi connectivity index (χ3v) is 5.09. The molecular formula is C18H21N3O2. The van der Waals surface area contributed by atoms with Gasteiger partial charge in [-0.1, -0.05) is 29.4 Å². The summed E-state index contributed by atoms with van der Waals surface area (Å²) in [5.41, 5.74) is 2.75. The van der Waals surface area contributed by atoms with Crippen molar-refractivity contribution in [3.63, 3.8) is 0 Å². The molecule has 2 aliphatic rings. The van der Waals surface area contributed by atoms with E-state index in [1.165, 1.54) is 11.1 Å². The molecule has 0 N–H and O–H groups in total. The van der Waals surface area contributed by atoms with Gasteiger partial charge in [-0.3, -0.25) is 4.79 Å². The van der Waals surface area contributed by atoms with E-state index in [4.69, 9.17) is 4.52 Å². The second kappa shape index (κ2) is 5.80. The number of likely N-dealkylation sites (tertiary alicyclic amines) is 1. The molecule has 1 aromatic heterocycles. The normalized spacial score (nSPS) is 23.3. The zero-order valence-electron chi connectivity index (χ0n) is 13.4. The molecule has 0 radical (unpaired) electrons. The first-order chi connectivity index (χ1) is 11.2. The number of fused-ring (bicyclic) bond motifs is 1. The molecule has 1 amide bonds. The van der Waals surface area contributed by atoms with Crippen LogP contribution >= 0.6 is 0 Å². The van der Waals surface area contributed by atoms with Crippen LogP contribution in [0.15, 0.2) is 28.8 Å². The first-order valence-corrected chi connectivity index (χ1v) is 8.40. The summed E-state index contributed by atoms with van der Waals surface area (Å²) >= 11 is 0. The summed E-state index contributed by atoms with van der Waals surface area (Å²) in [6.45, 7) is 2.58. The molecule has 5 heteroatoms. The maximum absolute atomic E-state index is 12.8. The van der Waals surface area contributed by atoms with Gasteiger partial charge in [0.05, 0.1) is 6.04 Å². The summed E-state index contributed by atoms with van der Waals surface area (Å²) in [6.07, 6.45) is 4.67. The number of aryl methyl sites for hydroxylation is 2. The monoisotopic (exact) mass is 311 g/mol. The van der Waals surface area contributed by atoms with E-state index in [2.05, 4.69) is 34.4 Å². The highest BCUT2D eigenvalue weighted by Crippen LogP contribution is 2.37. The number of amides is 1. The van der Waals surface area contributed by atoms with Crippen molar-refractivity contribution in [1.82, 2.24) is 15.0 Å². The van der Waals surface area contributed by atoms with Crippen LogP contribution in [0, 0.1) is 6.92 Å². The predicted octanol–water partition coefficient (Wildman–Crippen LogP) is 3.16. The Kier molecular flexibility index (Phi) is 3.63. The number of rotatable bonds is 3. The molecule has 4 rings (SSSR count). The van der Waals surface area contributed by atoms with Crippen LogP contribution in [0.2, 0.25) is 0 Å². The average Bonchev–Trinajstić information content (AvgIpc) is 3.26. The van der Waals surface area contributed by atoms with Crippen molar-refractivity contribution in [2.45, 2.75) is 51.0 Å². The lowest BCUT2D eigenvalue weighted by atomic mass is 9.97. The van der Waals surface area contributed by atoms with Crippen LogP contribution in [0.3, 0.4) is 0 Å². The van der Waals surface area contributed by atoms with E-state index in [0.29, 0.717) is 24.1 Å². The number of benzene rings is 1. The first kappa shape index (κ1) is 14.4. The Labute approximate surface area is 135 Å². The molecule has 0 bridgehead atoms. The molecule has 0 unspecified atom stereocenters. The van der Waals surface area contributed by atoms with Gasteiger partial charge < -0.3 is 9.42 Å². The second-order valence-corrected chi connectivity index (χ2v) is 6.56. The quantitative estimate of drug-likeness (QED) is 0.873. The van der Waals surface area contributed by atoms with E-state index in [1.54, 1.807) is 6.92 Å². The predicted molar refractivity (Wildman–Crippen MR) is 84.8 cm³/mol. The third kappa shape index (κ3) is 2.64. The minimum Gasteiger partial charge on any atom is -0.340 e. The van der Waals surface area contributed by atoms with Crippen molar-refractivity contribution >= 4 is 5.91 Å². The number of hydrogen-bond donors (Lipinski definition) is 0. The van der Waals surface area contributed by atoms with Crippen LogP contribution in [0.4, 0.5) is 0 Å². The molecule has 1 aliphatic carbocycles. The summed E-state index contributed by atoms with van der Waals surface area (Å²) in [5, 5.41) is 4.02. The standard InChI is InChI=1S/C18H21N3O2/c1-12-19-18(20-23-12)16-7-4-10-21(16)17(22)11-14-9-8-13-5-2-3-6-15(13)14/h2-3,5-6,14,16H,4,7-11H2,1H3/t14-,16+/m0/s1. The minimum absolute atomic E-state index is 0.0170. The van der Waals surface area contributed by atoms with Crippen molar-refractivity contribution in [3.8, 4) is 0 Å². The number of carbonyl (C=O) groups excluding carboxylic acids is 1. The summed E-state index contributed by atoms with van der Waals surface area (Å²) < 4.78 is 5.09. The third-order valence-electron chi connectivity index (χ3n) is 5.09. The van der Waals surface area contributed by atoms with Gasteiger partial charge in [0.25, 0.3) is 0 Å². The maximum atomic E-state index is 12.8. The van der Waals surface area contributed by atoms with E-state index in [1.807, 2.05) is 4.90 Å². The SMILES string of the molecule is Cc1nc([C@H]2CCCN2C(=O)C[C@@H]2CCc3ccccc32)no1. The summed E-state index contributed by atoms with van der Waals surface area (Å²) in [5.74, 6) is 1.79. The fourth-order valence-electron chi connectivity index (χ4n) is 3.97. The van der Waals surface area contributed by atoms with Gasteiger partial charge >= 0.3 is 0 Å². The van der Waals surface area contributed by atoms with Crippen LogP contribution in [0.25, 0.3) is 0 Å². The number of carbonyl (C=O) groups is 1. The van der Waals surface area contributed by atoms with Gasteiger partial charge in [0.1, 0.15) is 0 Å². The molecule has 1 saturated heterocycles. The molecule has 1 aromatic carbocycles. The highest BCUT2D eigenvalue weighted by molar-refractivity contribution is 5.78. The number of nitrogens with zero attached hydrogens (tertiary/aromatic N) is 3. The number of hydrogen-bond acceptors (Lipinski definition) is 4. The largest absolute Gasteiger partial charge is 0.340 e. The van der Waals surface area contributed by atoms with Crippen LogP contribution in [-0.4, -0.2) is 27.5 Å². The minimum atomic E-state index is -0.0170.